The number of halogens is 1. The summed E-state index contributed by atoms with van der Waals surface area (Å²) in [5, 5.41) is 6.82. The zero-order valence-corrected chi connectivity index (χ0v) is 20.4. The van der Waals surface area contributed by atoms with Crippen LogP contribution in [0.1, 0.15) is 10.4 Å². The topological polar surface area (TPSA) is 72.5 Å². The molecule has 32 heavy (non-hydrogen) atoms. The van der Waals surface area contributed by atoms with Crippen molar-refractivity contribution in [2.45, 2.75) is 0 Å². The Hall–Kier alpha value is -3.01. The number of ether oxygens (including phenoxy) is 2. The number of aromatic nitrogens is 1. The van der Waals surface area contributed by atoms with Gasteiger partial charge in [0.25, 0.3) is 5.91 Å². The zero-order valence-electron chi connectivity index (χ0n) is 17.1. The van der Waals surface area contributed by atoms with Gasteiger partial charge in [0, 0.05) is 10.0 Å². The quantitative estimate of drug-likeness (QED) is 0.316. The number of carbonyl (C=O) groups is 1. The van der Waals surface area contributed by atoms with Crippen LogP contribution in [0.25, 0.3) is 20.8 Å². The van der Waals surface area contributed by atoms with E-state index >= 15 is 0 Å². The molecule has 0 radical (unpaired) electrons. The minimum atomic E-state index is -0.435. The predicted molar refractivity (Wildman–Crippen MR) is 136 cm³/mol. The van der Waals surface area contributed by atoms with Gasteiger partial charge in [0.15, 0.2) is 5.11 Å². The van der Waals surface area contributed by atoms with Crippen molar-refractivity contribution in [3.8, 4) is 22.1 Å². The lowest BCUT2D eigenvalue weighted by Crippen LogP contribution is -2.34. The Morgan fingerprint density at radius 3 is 2.44 bits per heavy atom. The van der Waals surface area contributed by atoms with E-state index in [1.807, 2.05) is 42.5 Å². The van der Waals surface area contributed by atoms with Gasteiger partial charge in [-0.3, -0.25) is 10.1 Å². The molecule has 0 aliphatic carbocycles. The number of thiocarbonyl (C=S) groups is 1. The van der Waals surface area contributed by atoms with Gasteiger partial charge in [0.2, 0.25) is 0 Å². The molecule has 0 spiro atoms. The Labute approximate surface area is 202 Å². The average molecular weight is 528 g/mol. The van der Waals surface area contributed by atoms with Crippen LogP contribution < -0.4 is 20.1 Å². The second-order valence-corrected chi connectivity index (χ2v) is 8.98. The fraction of sp³-hybridized carbons (Fsp3) is 0.0870. The largest absolute Gasteiger partial charge is 0.496 e. The third kappa shape index (κ3) is 4.59. The number of amides is 1. The molecule has 0 saturated heterocycles. The Kier molecular flexibility index (Phi) is 6.69. The molecule has 162 valence electrons. The van der Waals surface area contributed by atoms with E-state index in [4.69, 9.17) is 26.7 Å². The van der Waals surface area contributed by atoms with Gasteiger partial charge in [-0.2, -0.15) is 0 Å². The van der Waals surface area contributed by atoms with Gasteiger partial charge in [-0.25, -0.2) is 4.98 Å². The van der Waals surface area contributed by atoms with Crippen LogP contribution in [-0.4, -0.2) is 30.2 Å². The van der Waals surface area contributed by atoms with Crippen LogP contribution in [0.4, 0.5) is 5.69 Å². The van der Waals surface area contributed by atoms with Crippen molar-refractivity contribution in [2.75, 3.05) is 19.5 Å². The number of thiazole rings is 1. The van der Waals surface area contributed by atoms with Crippen molar-refractivity contribution in [1.82, 2.24) is 10.3 Å². The maximum absolute atomic E-state index is 12.9. The lowest BCUT2D eigenvalue weighted by molar-refractivity contribution is 0.0971. The van der Waals surface area contributed by atoms with E-state index in [-0.39, 0.29) is 10.7 Å². The van der Waals surface area contributed by atoms with Gasteiger partial charge in [0.05, 0.1) is 30.1 Å². The molecule has 1 amide bonds. The maximum atomic E-state index is 12.9. The fourth-order valence-corrected chi connectivity index (χ4v) is 4.74. The number of hydrogen-bond donors (Lipinski definition) is 2. The standard InChI is InChI=1S/C23H18BrN3O3S2/c1-29-17-7-5-8-18(30-2)20(17)21(28)27-23(31)26-15-11-10-13(24)12-14(15)22-25-16-6-3-4-9-19(16)32-22/h3-12H,1-2H3,(H2,26,27,28,31). The van der Waals surface area contributed by atoms with Crippen LogP contribution in [0.15, 0.2) is 65.1 Å². The molecule has 0 unspecified atom stereocenters. The molecule has 9 heteroatoms. The molecule has 1 heterocycles. The van der Waals surface area contributed by atoms with Gasteiger partial charge in [-0.1, -0.05) is 34.1 Å². The summed E-state index contributed by atoms with van der Waals surface area (Å²) in [5.41, 5.74) is 2.79. The molecule has 3 aromatic carbocycles. The minimum absolute atomic E-state index is 0.146. The first-order chi connectivity index (χ1) is 15.5. The van der Waals surface area contributed by atoms with Crippen LogP contribution in [-0.2, 0) is 0 Å². The highest BCUT2D eigenvalue weighted by Gasteiger charge is 2.20. The van der Waals surface area contributed by atoms with Crippen molar-refractivity contribution < 1.29 is 14.3 Å². The molecule has 1 aromatic heterocycles. The Bertz CT molecular complexity index is 1270. The molecule has 0 fully saturated rings. The van der Waals surface area contributed by atoms with E-state index in [2.05, 4.69) is 26.6 Å². The van der Waals surface area contributed by atoms with Gasteiger partial charge in [-0.05, 0) is 54.7 Å². The fourth-order valence-electron chi connectivity index (χ4n) is 3.18. The Morgan fingerprint density at radius 2 is 1.75 bits per heavy atom. The zero-order chi connectivity index (χ0) is 22.7. The molecule has 0 bridgehead atoms. The number of nitrogens with zero attached hydrogens (tertiary/aromatic N) is 1. The third-order valence-corrected chi connectivity index (χ3v) is 6.40. The number of anilines is 1. The van der Waals surface area contributed by atoms with E-state index in [1.165, 1.54) is 14.2 Å². The number of fused-ring (bicyclic) bond motifs is 1. The molecular formula is C23H18BrN3O3S2. The second-order valence-electron chi connectivity index (χ2n) is 6.62. The maximum Gasteiger partial charge on any atom is 0.264 e. The number of para-hydroxylation sites is 1. The van der Waals surface area contributed by atoms with E-state index in [0.29, 0.717) is 11.5 Å². The second kappa shape index (κ2) is 9.64. The molecule has 0 aliphatic heterocycles. The number of benzene rings is 3. The number of rotatable bonds is 5. The van der Waals surface area contributed by atoms with Gasteiger partial charge < -0.3 is 14.8 Å². The highest BCUT2D eigenvalue weighted by atomic mass is 79.9. The molecule has 0 aliphatic rings. The summed E-state index contributed by atoms with van der Waals surface area (Å²) in [4.78, 5) is 17.7. The first-order valence-electron chi connectivity index (χ1n) is 9.49. The summed E-state index contributed by atoms with van der Waals surface area (Å²) in [5.74, 6) is 0.349. The molecule has 6 nitrogen and oxygen atoms in total. The summed E-state index contributed by atoms with van der Waals surface area (Å²) in [6, 6.07) is 18.8. The van der Waals surface area contributed by atoms with Crippen molar-refractivity contribution in [3.63, 3.8) is 0 Å². The molecule has 4 rings (SSSR count). The van der Waals surface area contributed by atoms with E-state index in [9.17, 15) is 4.79 Å². The highest BCUT2D eigenvalue weighted by molar-refractivity contribution is 9.10. The summed E-state index contributed by atoms with van der Waals surface area (Å²) in [7, 11) is 2.99. The first kappa shape index (κ1) is 22.2. The van der Waals surface area contributed by atoms with Crippen molar-refractivity contribution in [3.05, 3.63) is 70.7 Å². The van der Waals surface area contributed by atoms with Gasteiger partial charge in [-0.15, -0.1) is 11.3 Å². The summed E-state index contributed by atoms with van der Waals surface area (Å²) >= 11 is 10.5. The van der Waals surface area contributed by atoms with Gasteiger partial charge in [0.1, 0.15) is 22.1 Å². The monoisotopic (exact) mass is 527 g/mol. The van der Waals surface area contributed by atoms with Crippen LogP contribution in [0.3, 0.4) is 0 Å². The van der Waals surface area contributed by atoms with E-state index in [1.54, 1.807) is 29.5 Å². The first-order valence-corrected chi connectivity index (χ1v) is 11.5. The number of hydrogen-bond acceptors (Lipinski definition) is 6. The summed E-state index contributed by atoms with van der Waals surface area (Å²) < 4.78 is 12.6. The van der Waals surface area contributed by atoms with E-state index in [0.717, 1.165) is 30.9 Å². The van der Waals surface area contributed by atoms with Crippen molar-refractivity contribution in [2.24, 2.45) is 0 Å². The predicted octanol–water partition coefficient (Wildman–Crippen LogP) is 5.87. The van der Waals surface area contributed by atoms with Crippen LogP contribution >= 0.6 is 39.5 Å². The lowest BCUT2D eigenvalue weighted by atomic mass is 10.1. The SMILES string of the molecule is COc1cccc(OC)c1C(=O)NC(=S)Nc1ccc(Br)cc1-c1nc2ccccc2s1. The van der Waals surface area contributed by atoms with Crippen LogP contribution in [0.5, 0.6) is 11.5 Å². The molecule has 0 atom stereocenters. The van der Waals surface area contributed by atoms with Gasteiger partial charge >= 0.3 is 0 Å². The molecule has 4 aromatic rings. The number of nitrogens with one attached hydrogen (secondary N) is 2. The summed E-state index contributed by atoms with van der Waals surface area (Å²) in [6.07, 6.45) is 0. The Morgan fingerprint density at radius 1 is 1.03 bits per heavy atom. The minimum Gasteiger partial charge on any atom is -0.496 e. The molecule has 2 N–H and O–H groups in total. The molecular weight excluding hydrogens is 510 g/mol. The average Bonchev–Trinajstić information content (AvgIpc) is 3.23. The smallest absolute Gasteiger partial charge is 0.264 e. The molecule has 0 saturated carbocycles. The number of carbonyl (C=O) groups excluding carboxylic acids is 1. The van der Waals surface area contributed by atoms with Crippen LogP contribution in [0, 0.1) is 0 Å². The normalized spacial score (nSPS) is 10.6. The highest BCUT2D eigenvalue weighted by Crippen LogP contribution is 2.36. The number of methoxy groups -OCH3 is 2. The Balaban J connectivity index is 1.60. The third-order valence-electron chi connectivity index (χ3n) is 4.64. The van der Waals surface area contributed by atoms with Crippen molar-refractivity contribution >= 4 is 66.4 Å². The van der Waals surface area contributed by atoms with E-state index < -0.39 is 5.91 Å². The van der Waals surface area contributed by atoms with Crippen LogP contribution in [0.2, 0.25) is 0 Å². The lowest BCUT2D eigenvalue weighted by Gasteiger charge is -2.15. The van der Waals surface area contributed by atoms with Crippen molar-refractivity contribution in [1.29, 1.82) is 0 Å². The summed E-state index contributed by atoms with van der Waals surface area (Å²) in [6.45, 7) is 0.